The fourth-order valence-electron chi connectivity index (χ4n) is 4.33. The van der Waals surface area contributed by atoms with Crippen LogP contribution in [0.3, 0.4) is 0 Å². The molecule has 0 saturated heterocycles. The summed E-state index contributed by atoms with van der Waals surface area (Å²) in [6.07, 6.45) is 10.6. The van der Waals surface area contributed by atoms with Crippen LogP contribution in [0.2, 0.25) is 0 Å². The first-order valence-electron chi connectivity index (χ1n) is 8.45. The summed E-state index contributed by atoms with van der Waals surface area (Å²) >= 11 is 0. The Hall–Kier alpha value is -1.31. The van der Waals surface area contributed by atoms with Crippen LogP contribution in [-0.4, -0.2) is 13.1 Å². The third-order valence-electron chi connectivity index (χ3n) is 5.81. The summed E-state index contributed by atoms with van der Waals surface area (Å²) in [7, 11) is 1.47. The van der Waals surface area contributed by atoms with Gasteiger partial charge in [0.25, 0.3) is 0 Å². The molecule has 2 nitrogen and oxygen atoms in total. The Morgan fingerprint density at radius 1 is 1.55 bits per heavy atom. The molecule has 0 aromatic rings. The maximum absolute atomic E-state index is 11.6. The predicted molar refractivity (Wildman–Crippen MR) is 91.4 cm³/mol. The van der Waals surface area contributed by atoms with E-state index in [4.69, 9.17) is 4.74 Å². The van der Waals surface area contributed by atoms with E-state index in [0.29, 0.717) is 24.2 Å². The van der Waals surface area contributed by atoms with Crippen molar-refractivity contribution in [2.24, 2.45) is 23.2 Å². The summed E-state index contributed by atoms with van der Waals surface area (Å²) in [5.74, 6) is 1.55. The van der Waals surface area contributed by atoms with E-state index >= 15 is 0 Å². The molecule has 0 radical (unpaired) electrons. The van der Waals surface area contributed by atoms with Gasteiger partial charge in [-0.1, -0.05) is 36.8 Å². The van der Waals surface area contributed by atoms with Crippen molar-refractivity contribution in [3.63, 3.8) is 0 Å². The lowest BCUT2D eigenvalue weighted by atomic mass is 9.59. The zero-order chi connectivity index (χ0) is 16.3. The van der Waals surface area contributed by atoms with Crippen molar-refractivity contribution < 1.29 is 9.53 Å². The highest BCUT2D eigenvalue weighted by Gasteiger charge is 2.40. The molecule has 0 aliphatic heterocycles. The molecule has 0 unspecified atom stereocenters. The van der Waals surface area contributed by atoms with Crippen LogP contribution in [0.1, 0.15) is 52.4 Å². The van der Waals surface area contributed by atoms with E-state index in [0.717, 1.165) is 19.3 Å². The van der Waals surface area contributed by atoms with Gasteiger partial charge < -0.3 is 4.74 Å². The fraction of sp³-hybridized carbons (Fsp3) is 0.650. The zero-order valence-corrected chi connectivity index (χ0v) is 14.4. The number of hydrogen-bond donors (Lipinski definition) is 0. The number of rotatable bonds is 5. The van der Waals surface area contributed by atoms with Crippen LogP contribution in [0.5, 0.6) is 0 Å². The molecule has 2 rings (SSSR count). The quantitative estimate of drug-likeness (QED) is 0.523. The van der Waals surface area contributed by atoms with E-state index < -0.39 is 0 Å². The van der Waals surface area contributed by atoms with Crippen LogP contribution in [0.4, 0.5) is 0 Å². The lowest BCUT2D eigenvalue weighted by Crippen LogP contribution is -2.35. The first-order valence-corrected chi connectivity index (χ1v) is 8.45. The Morgan fingerprint density at radius 2 is 2.27 bits per heavy atom. The maximum atomic E-state index is 11.6. The van der Waals surface area contributed by atoms with Crippen LogP contribution in [0.15, 0.2) is 36.5 Å². The van der Waals surface area contributed by atoms with Gasteiger partial charge >= 0.3 is 5.97 Å². The number of carbonyl (C=O) groups is 1. The highest BCUT2D eigenvalue weighted by Crippen LogP contribution is 2.51. The highest BCUT2D eigenvalue weighted by atomic mass is 16.5. The van der Waals surface area contributed by atoms with Crippen LogP contribution in [0, 0.1) is 23.2 Å². The van der Waals surface area contributed by atoms with Gasteiger partial charge in [-0.2, -0.15) is 0 Å². The topological polar surface area (TPSA) is 26.3 Å². The van der Waals surface area contributed by atoms with Gasteiger partial charge in [0, 0.05) is 6.42 Å². The molecule has 2 aliphatic rings. The van der Waals surface area contributed by atoms with Gasteiger partial charge in [-0.15, -0.1) is 6.58 Å². The lowest BCUT2D eigenvalue weighted by Gasteiger charge is -2.46. The van der Waals surface area contributed by atoms with Crippen molar-refractivity contribution in [2.45, 2.75) is 52.4 Å². The molecule has 22 heavy (non-hydrogen) atoms. The summed E-state index contributed by atoms with van der Waals surface area (Å²) in [6, 6.07) is 0. The molecule has 4 atom stereocenters. The number of fused-ring (bicyclic) bond motifs is 1. The van der Waals surface area contributed by atoms with E-state index in [2.05, 4.69) is 39.2 Å². The molecular formula is C20H30O2. The minimum absolute atomic E-state index is 0.0942. The van der Waals surface area contributed by atoms with Crippen LogP contribution in [0.25, 0.3) is 0 Å². The van der Waals surface area contributed by atoms with Crippen LogP contribution in [-0.2, 0) is 9.53 Å². The molecule has 0 heterocycles. The van der Waals surface area contributed by atoms with Crippen molar-refractivity contribution in [3.8, 4) is 0 Å². The van der Waals surface area contributed by atoms with Gasteiger partial charge in [-0.05, 0) is 62.2 Å². The second kappa shape index (κ2) is 6.85. The van der Waals surface area contributed by atoms with Crippen LogP contribution < -0.4 is 0 Å². The number of ether oxygens (including phenoxy) is 1. The summed E-state index contributed by atoms with van der Waals surface area (Å²) in [6.45, 7) is 12.7. The van der Waals surface area contributed by atoms with E-state index in [1.165, 1.54) is 25.5 Å². The lowest BCUT2D eigenvalue weighted by molar-refractivity contribution is -0.141. The molecular weight excluding hydrogens is 272 g/mol. The number of methoxy groups -OCH3 is 1. The zero-order valence-electron chi connectivity index (χ0n) is 14.4. The van der Waals surface area contributed by atoms with Gasteiger partial charge in [-0.3, -0.25) is 4.79 Å². The standard InChI is InChI=1S/C20H30O2/c1-6-20(4)12-11-17-15(13-20)7-8-16(14(2)3)18(17)9-10-19(21)22-5/h6-7,16-18H,1-2,8-13H2,3-5H3/t16-,17-,18+,20+/m1/s1. The molecule has 0 bridgehead atoms. The molecule has 2 aliphatic carbocycles. The molecule has 122 valence electrons. The molecule has 0 spiro atoms. The van der Waals surface area contributed by atoms with Gasteiger partial charge in [0.2, 0.25) is 0 Å². The van der Waals surface area contributed by atoms with E-state index in [9.17, 15) is 4.79 Å². The summed E-state index contributed by atoms with van der Waals surface area (Å²) in [4.78, 5) is 11.6. The Bertz CT molecular complexity index is 488. The number of carbonyl (C=O) groups excluding carboxylic acids is 1. The van der Waals surface area contributed by atoms with E-state index in [1.807, 2.05) is 0 Å². The van der Waals surface area contributed by atoms with Gasteiger partial charge in [0.05, 0.1) is 7.11 Å². The molecule has 0 amide bonds. The molecule has 1 fully saturated rings. The first kappa shape index (κ1) is 17.1. The minimum Gasteiger partial charge on any atom is -0.469 e. The second-order valence-electron chi connectivity index (χ2n) is 7.43. The monoisotopic (exact) mass is 302 g/mol. The minimum atomic E-state index is -0.0942. The number of hydrogen-bond acceptors (Lipinski definition) is 2. The largest absolute Gasteiger partial charge is 0.469 e. The molecule has 1 saturated carbocycles. The molecule has 2 heteroatoms. The second-order valence-corrected chi connectivity index (χ2v) is 7.43. The molecule has 0 aromatic carbocycles. The SMILES string of the molecule is C=C[C@@]1(C)CC[C@@H]2C(=CC[C@H](C(=C)C)[C@@H]2CCC(=O)OC)C1. The van der Waals surface area contributed by atoms with E-state index in [-0.39, 0.29) is 11.4 Å². The van der Waals surface area contributed by atoms with Crippen molar-refractivity contribution in [3.05, 3.63) is 36.5 Å². The van der Waals surface area contributed by atoms with E-state index in [1.54, 1.807) is 5.57 Å². The first-order chi connectivity index (χ1) is 10.4. The fourth-order valence-corrected chi connectivity index (χ4v) is 4.33. The summed E-state index contributed by atoms with van der Waals surface area (Å²) < 4.78 is 4.83. The highest BCUT2D eigenvalue weighted by molar-refractivity contribution is 5.69. The Kier molecular flexibility index (Phi) is 5.31. The number of esters is 1. The maximum Gasteiger partial charge on any atom is 0.305 e. The Morgan fingerprint density at radius 3 is 2.86 bits per heavy atom. The average molecular weight is 302 g/mol. The van der Waals surface area contributed by atoms with Crippen molar-refractivity contribution in [1.82, 2.24) is 0 Å². The number of allylic oxidation sites excluding steroid dienone is 4. The van der Waals surface area contributed by atoms with Crippen molar-refractivity contribution in [1.29, 1.82) is 0 Å². The average Bonchev–Trinajstić information content (AvgIpc) is 2.51. The summed E-state index contributed by atoms with van der Waals surface area (Å²) in [5, 5.41) is 0. The smallest absolute Gasteiger partial charge is 0.305 e. The Balaban J connectivity index is 2.17. The predicted octanol–water partition coefficient (Wildman–Crippen LogP) is 5.07. The van der Waals surface area contributed by atoms with Gasteiger partial charge in [0.1, 0.15) is 0 Å². The third kappa shape index (κ3) is 3.53. The Labute approximate surface area is 135 Å². The van der Waals surface area contributed by atoms with Gasteiger partial charge in [0.15, 0.2) is 0 Å². The summed E-state index contributed by atoms with van der Waals surface area (Å²) in [5.41, 5.74) is 3.08. The third-order valence-corrected chi connectivity index (χ3v) is 5.81. The van der Waals surface area contributed by atoms with Crippen molar-refractivity contribution in [2.75, 3.05) is 7.11 Å². The molecule has 0 aromatic heterocycles. The van der Waals surface area contributed by atoms with Crippen LogP contribution >= 0.6 is 0 Å². The normalized spacial score (nSPS) is 34.3. The van der Waals surface area contributed by atoms with Gasteiger partial charge in [-0.25, -0.2) is 0 Å². The molecule has 0 N–H and O–H groups in total. The van der Waals surface area contributed by atoms with Crippen molar-refractivity contribution >= 4 is 5.97 Å².